The molecule has 0 unspecified atom stereocenters. The van der Waals surface area contributed by atoms with Crippen LogP contribution in [0.1, 0.15) is 17.3 Å². The zero-order chi connectivity index (χ0) is 21.9. The number of hydrogen-bond acceptors (Lipinski definition) is 5. The van der Waals surface area contributed by atoms with Gasteiger partial charge in [0.15, 0.2) is 4.80 Å². The molecule has 0 saturated carbocycles. The van der Waals surface area contributed by atoms with Crippen LogP contribution >= 0.6 is 22.9 Å². The summed E-state index contributed by atoms with van der Waals surface area (Å²) >= 11 is 7.75. The van der Waals surface area contributed by atoms with E-state index < -0.39 is 15.9 Å². The third kappa shape index (κ3) is 4.65. The van der Waals surface area contributed by atoms with Crippen molar-refractivity contribution in [3.63, 3.8) is 0 Å². The molecule has 1 amide bonds. The minimum atomic E-state index is -3.56. The van der Waals surface area contributed by atoms with Crippen LogP contribution in [0.4, 0.5) is 0 Å². The average Bonchev–Trinajstić information content (AvgIpc) is 3.06. The number of carbonyl (C=O) groups excluding carboxylic acids is 1. The Hall–Kier alpha value is -2.04. The summed E-state index contributed by atoms with van der Waals surface area (Å²) < 4.78 is 33.8. The first kappa shape index (κ1) is 22.6. The van der Waals surface area contributed by atoms with Crippen LogP contribution in [0.2, 0.25) is 5.02 Å². The number of halogens is 1. The standard InChI is InChI=1S/C20H22ClN3O4S2/c1-4-28-13-12-24-18-16(21)6-5-7-17(18)29-20(24)22-19(25)14-8-10-15(11-9-14)30(26,27)23(2)3/h5-11H,4,12-13H2,1-3H3. The Labute approximate surface area is 184 Å². The first-order chi connectivity index (χ1) is 14.3. The zero-order valence-electron chi connectivity index (χ0n) is 16.8. The van der Waals surface area contributed by atoms with Crippen molar-refractivity contribution in [2.45, 2.75) is 18.4 Å². The maximum atomic E-state index is 12.8. The fourth-order valence-electron chi connectivity index (χ4n) is 2.81. The predicted molar refractivity (Wildman–Crippen MR) is 119 cm³/mol. The van der Waals surface area contributed by atoms with E-state index in [1.807, 2.05) is 23.6 Å². The molecular formula is C20H22ClN3O4S2. The van der Waals surface area contributed by atoms with Crippen molar-refractivity contribution >= 4 is 49.1 Å². The lowest BCUT2D eigenvalue weighted by atomic mass is 10.2. The smallest absolute Gasteiger partial charge is 0.279 e. The van der Waals surface area contributed by atoms with Gasteiger partial charge >= 0.3 is 0 Å². The fraction of sp³-hybridized carbons (Fsp3) is 0.300. The van der Waals surface area contributed by atoms with E-state index in [1.54, 1.807) is 6.07 Å². The number of ether oxygens (including phenoxy) is 1. The number of carbonyl (C=O) groups is 1. The number of amides is 1. The van der Waals surface area contributed by atoms with Crippen LogP contribution in [0.15, 0.2) is 52.4 Å². The first-order valence-electron chi connectivity index (χ1n) is 9.23. The van der Waals surface area contributed by atoms with Crippen molar-refractivity contribution in [3.05, 3.63) is 57.9 Å². The molecule has 0 atom stereocenters. The van der Waals surface area contributed by atoms with Crippen LogP contribution in [0, 0.1) is 0 Å². The van der Waals surface area contributed by atoms with E-state index in [9.17, 15) is 13.2 Å². The highest BCUT2D eigenvalue weighted by molar-refractivity contribution is 7.89. The molecule has 1 heterocycles. The SMILES string of the molecule is CCOCCn1c(=NC(=O)c2ccc(S(=O)(=O)N(C)C)cc2)sc2cccc(Cl)c21. The van der Waals surface area contributed by atoms with E-state index >= 15 is 0 Å². The number of benzene rings is 2. The Morgan fingerprint density at radius 1 is 1.20 bits per heavy atom. The van der Waals surface area contributed by atoms with Gasteiger partial charge in [0, 0.05) is 32.8 Å². The molecule has 0 saturated heterocycles. The Morgan fingerprint density at radius 2 is 1.90 bits per heavy atom. The summed E-state index contributed by atoms with van der Waals surface area (Å²) in [7, 11) is -0.648. The summed E-state index contributed by atoms with van der Waals surface area (Å²) in [5.74, 6) is -0.461. The quantitative estimate of drug-likeness (QED) is 0.499. The normalized spacial score (nSPS) is 12.8. The van der Waals surface area contributed by atoms with E-state index in [0.29, 0.717) is 35.1 Å². The summed E-state index contributed by atoms with van der Waals surface area (Å²) in [6, 6.07) is 11.3. The lowest BCUT2D eigenvalue weighted by Crippen LogP contribution is -2.22. The number of aromatic nitrogens is 1. The van der Waals surface area contributed by atoms with Crippen molar-refractivity contribution in [2.24, 2.45) is 4.99 Å². The highest BCUT2D eigenvalue weighted by atomic mass is 35.5. The van der Waals surface area contributed by atoms with Gasteiger partial charge in [-0.05, 0) is 43.3 Å². The number of hydrogen-bond donors (Lipinski definition) is 0. The summed E-state index contributed by atoms with van der Waals surface area (Å²) in [6.07, 6.45) is 0. The largest absolute Gasteiger partial charge is 0.380 e. The lowest BCUT2D eigenvalue weighted by molar-refractivity contribution is 0.0996. The molecule has 3 rings (SSSR count). The summed E-state index contributed by atoms with van der Waals surface area (Å²) in [5.41, 5.74) is 1.11. The molecule has 0 fully saturated rings. The maximum absolute atomic E-state index is 12.8. The van der Waals surface area contributed by atoms with Crippen LogP contribution in [-0.2, 0) is 21.3 Å². The number of thiazole rings is 1. The van der Waals surface area contributed by atoms with Crippen molar-refractivity contribution in [1.29, 1.82) is 0 Å². The first-order valence-corrected chi connectivity index (χ1v) is 11.9. The van der Waals surface area contributed by atoms with Gasteiger partial charge in [0.1, 0.15) is 0 Å². The topological polar surface area (TPSA) is 81.0 Å². The van der Waals surface area contributed by atoms with Crippen LogP contribution in [-0.4, -0.2) is 50.5 Å². The third-order valence-electron chi connectivity index (χ3n) is 4.39. The molecule has 10 heteroatoms. The number of sulfonamides is 1. The minimum absolute atomic E-state index is 0.115. The van der Waals surface area contributed by atoms with Gasteiger partial charge in [-0.1, -0.05) is 29.0 Å². The predicted octanol–water partition coefficient (Wildman–Crippen LogP) is 3.38. The molecule has 2 aromatic carbocycles. The van der Waals surface area contributed by atoms with Crippen LogP contribution in [0.5, 0.6) is 0 Å². The van der Waals surface area contributed by atoms with Crippen molar-refractivity contribution in [3.8, 4) is 0 Å². The molecule has 0 aliphatic rings. The second-order valence-electron chi connectivity index (χ2n) is 6.55. The molecule has 1 aromatic heterocycles. The molecule has 0 radical (unpaired) electrons. The van der Waals surface area contributed by atoms with Gasteiger partial charge in [-0.2, -0.15) is 4.99 Å². The number of para-hydroxylation sites is 1. The molecule has 0 bridgehead atoms. The van der Waals surface area contributed by atoms with E-state index in [2.05, 4.69) is 4.99 Å². The second-order valence-corrected chi connectivity index (χ2v) is 10.1. The van der Waals surface area contributed by atoms with Gasteiger partial charge in [0.25, 0.3) is 5.91 Å². The van der Waals surface area contributed by atoms with Crippen LogP contribution in [0.3, 0.4) is 0 Å². The molecule has 7 nitrogen and oxygen atoms in total. The fourth-order valence-corrected chi connectivity index (χ4v) is 5.13. The summed E-state index contributed by atoms with van der Waals surface area (Å²) in [4.78, 5) is 17.7. The Kier molecular flexibility index (Phi) is 7.10. The van der Waals surface area contributed by atoms with Crippen molar-refractivity contribution < 1.29 is 17.9 Å². The van der Waals surface area contributed by atoms with E-state index in [1.165, 1.54) is 49.7 Å². The van der Waals surface area contributed by atoms with Crippen LogP contribution < -0.4 is 4.80 Å². The average molecular weight is 468 g/mol. The summed E-state index contributed by atoms with van der Waals surface area (Å²) in [6.45, 7) is 3.47. The molecule has 0 N–H and O–H groups in total. The van der Waals surface area contributed by atoms with E-state index in [4.69, 9.17) is 16.3 Å². The van der Waals surface area contributed by atoms with E-state index in [0.717, 1.165) is 14.5 Å². The van der Waals surface area contributed by atoms with Gasteiger partial charge in [-0.25, -0.2) is 12.7 Å². The second kappa shape index (κ2) is 9.40. The third-order valence-corrected chi connectivity index (χ3v) is 7.57. The molecule has 30 heavy (non-hydrogen) atoms. The van der Waals surface area contributed by atoms with Gasteiger partial charge in [0.05, 0.1) is 26.7 Å². The van der Waals surface area contributed by atoms with Gasteiger partial charge in [-0.15, -0.1) is 0 Å². The molecule has 0 aliphatic carbocycles. The molecule has 0 spiro atoms. The number of rotatable bonds is 7. The highest BCUT2D eigenvalue weighted by Gasteiger charge is 2.18. The zero-order valence-corrected chi connectivity index (χ0v) is 19.2. The van der Waals surface area contributed by atoms with Gasteiger partial charge < -0.3 is 9.30 Å². The molecular weight excluding hydrogens is 446 g/mol. The van der Waals surface area contributed by atoms with Gasteiger partial charge in [0.2, 0.25) is 10.0 Å². The number of fused-ring (bicyclic) bond motifs is 1. The minimum Gasteiger partial charge on any atom is -0.380 e. The maximum Gasteiger partial charge on any atom is 0.279 e. The van der Waals surface area contributed by atoms with Gasteiger partial charge in [-0.3, -0.25) is 4.79 Å². The molecule has 160 valence electrons. The van der Waals surface area contributed by atoms with Crippen molar-refractivity contribution in [1.82, 2.24) is 8.87 Å². The van der Waals surface area contributed by atoms with E-state index in [-0.39, 0.29) is 4.90 Å². The Balaban J connectivity index is 2.01. The lowest BCUT2D eigenvalue weighted by Gasteiger charge is -2.11. The Bertz CT molecular complexity index is 1230. The van der Waals surface area contributed by atoms with Crippen molar-refractivity contribution in [2.75, 3.05) is 27.3 Å². The monoisotopic (exact) mass is 467 g/mol. The number of nitrogens with zero attached hydrogens (tertiary/aromatic N) is 3. The highest BCUT2D eigenvalue weighted by Crippen LogP contribution is 2.25. The Morgan fingerprint density at radius 3 is 2.53 bits per heavy atom. The van der Waals surface area contributed by atoms with Crippen LogP contribution in [0.25, 0.3) is 10.2 Å². The summed E-state index contributed by atoms with van der Waals surface area (Å²) in [5, 5.41) is 0.576. The molecule has 3 aromatic rings. The molecule has 0 aliphatic heterocycles.